The SMILES string of the molecule is CNC(=O)NC(=O)[C@H](OC(=O)c1ccc(N(C)C)cc1)c1ccccc1. The molecule has 0 saturated carbocycles. The number of nitrogens with one attached hydrogen (secondary N) is 2. The van der Waals surface area contributed by atoms with Gasteiger partial charge in [0.2, 0.25) is 6.10 Å². The molecule has 3 amide bonds. The summed E-state index contributed by atoms with van der Waals surface area (Å²) in [7, 11) is 5.17. The number of benzene rings is 2. The molecule has 0 radical (unpaired) electrons. The van der Waals surface area contributed by atoms with E-state index in [2.05, 4.69) is 10.6 Å². The lowest BCUT2D eigenvalue weighted by Crippen LogP contribution is -2.41. The normalized spacial score (nSPS) is 11.2. The van der Waals surface area contributed by atoms with Crippen molar-refractivity contribution in [2.24, 2.45) is 0 Å². The lowest BCUT2D eigenvalue weighted by Gasteiger charge is -2.18. The first-order valence-electron chi connectivity index (χ1n) is 7.98. The van der Waals surface area contributed by atoms with Crippen molar-refractivity contribution in [3.8, 4) is 0 Å². The molecule has 0 unspecified atom stereocenters. The van der Waals surface area contributed by atoms with Crippen LogP contribution in [0.5, 0.6) is 0 Å². The Hall–Kier alpha value is -3.35. The Labute approximate surface area is 152 Å². The zero-order valence-corrected chi connectivity index (χ0v) is 14.9. The van der Waals surface area contributed by atoms with Gasteiger partial charge in [-0.3, -0.25) is 10.1 Å². The molecular formula is C19H21N3O4. The highest BCUT2D eigenvalue weighted by atomic mass is 16.5. The fraction of sp³-hybridized carbons (Fsp3) is 0.211. The molecule has 0 bridgehead atoms. The monoisotopic (exact) mass is 355 g/mol. The third-order valence-electron chi connectivity index (χ3n) is 3.65. The number of imide groups is 1. The number of nitrogens with zero attached hydrogens (tertiary/aromatic N) is 1. The van der Waals surface area contributed by atoms with Crippen molar-refractivity contribution in [3.05, 3.63) is 65.7 Å². The smallest absolute Gasteiger partial charge is 0.339 e. The first-order valence-corrected chi connectivity index (χ1v) is 7.98. The van der Waals surface area contributed by atoms with Gasteiger partial charge in [-0.2, -0.15) is 0 Å². The van der Waals surface area contributed by atoms with Crippen LogP contribution in [0.2, 0.25) is 0 Å². The second kappa shape index (κ2) is 8.66. The van der Waals surface area contributed by atoms with E-state index in [0.29, 0.717) is 11.1 Å². The summed E-state index contributed by atoms with van der Waals surface area (Å²) in [5, 5.41) is 4.42. The Bertz CT molecular complexity index is 773. The third-order valence-corrected chi connectivity index (χ3v) is 3.65. The summed E-state index contributed by atoms with van der Waals surface area (Å²) in [4.78, 5) is 38.1. The van der Waals surface area contributed by atoms with Crippen LogP contribution < -0.4 is 15.5 Å². The number of amides is 3. The summed E-state index contributed by atoms with van der Waals surface area (Å²) >= 11 is 0. The summed E-state index contributed by atoms with van der Waals surface area (Å²) in [5.41, 5.74) is 1.70. The Morgan fingerprint density at radius 2 is 1.58 bits per heavy atom. The van der Waals surface area contributed by atoms with Gasteiger partial charge in [0.1, 0.15) is 0 Å². The van der Waals surface area contributed by atoms with Gasteiger partial charge in [-0.1, -0.05) is 30.3 Å². The highest BCUT2D eigenvalue weighted by Crippen LogP contribution is 2.20. The molecule has 2 aromatic carbocycles. The van der Waals surface area contributed by atoms with Gasteiger partial charge in [0, 0.05) is 32.4 Å². The van der Waals surface area contributed by atoms with Gasteiger partial charge in [-0.25, -0.2) is 9.59 Å². The number of hydrogen-bond acceptors (Lipinski definition) is 5. The van der Waals surface area contributed by atoms with E-state index >= 15 is 0 Å². The van der Waals surface area contributed by atoms with Gasteiger partial charge >= 0.3 is 12.0 Å². The molecule has 136 valence electrons. The molecule has 7 nitrogen and oxygen atoms in total. The first kappa shape index (κ1) is 19.0. The largest absolute Gasteiger partial charge is 0.444 e. The molecule has 0 aromatic heterocycles. The maximum Gasteiger partial charge on any atom is 0.339 e. The molecule has 0 spiro atoms. The van der Waals surface area contributed by atoms with E-state index in [1.54, 1.807) is 54.6 Å². The average molecular weight is 355 g/mol. The molecule has 0 aliphatic carbocycles. The van der Waals surface area contributed by atoms with Crippen molar-refractivity contribution in [2.45, 2.75) is 6.10 Å². The number of rotatable bonds is 5. The fourth-order valence-corrected chi connectivity index (χ4v) is 2.21. The van der Waals surface area contributed by atoms with Gasteiger partial charge in [0.25, 0.3) is 5.91 Å². The molecular weight excluding hydrogens is 334 g/mol. The van der Waals surface area contributed by atoms with E-state index in [9.17, 15) is 14.4 Å². The van der Waals surface area contributed by atoms with Crippen LogP contribution in [0.25, 0.3) is 0 Å². The molecule has 0 heterocycles. The van der Waals surface area contributed by atoms with Crippen molar-refractivity contribution in [1.82, 2.24) is 10.6 Å². The summed E-state index contributed by atoms with van der Waals surface area (Å²) in [6, 6.07) is 14.6. The minimum Gasteiger partial charge on any atom is -0.444 e. The number of hydrogen-bond donors (Lipinski definition) is 2. The Kier molecular flexibility index (Phi) is 6.32. The van der Waals surface area contributed by atoms with E-state index in [-0.39, 0.29) is 0 Å². The molecule has 0 aliphatic rings. The van der Waals surface area contributed by atoms with Gasteiger partial charge in [0.15, 0.2) is 0 Å². The molecule has 2 rings (SSSR count). The molecule has 0 fully saturated rings. The number of carbonyl (C=O) groups excluding carboxylic acids is 3. The van der Waals surface area contributed by atoms with Crippen LogP contribution in [0.1, 0.15) is 22.0 Å². The Morgan fingerprint density at radius 1 is 0.962 bits per heavy atom. The predicted molar refractivity (Wildman–Crippen MR) is 98.0 cm³/mol. The van der Waals surface area contributed by atoms with Crippen LogP contribution in [0.15, 0.2) is 54.6 Å². The van der Waals surface area contributed by atoms with Crippen molar-refractivity contribution in [3.63, 3.8) is 0 Å². The Balaban J connectivity index is 2.21. The van der Waals surface area contributed by atoms with Crippen LogP contribution in [-0.2, 0) is 9.53 Å². The summed E-state index contributed by atoms with van der Waals surface area (Å²) < 4.78 is 5.39. The molecule has 2 N–H and O–H groups in total. The van der Waals surface area contributed by atoms with Gasteiger partial charge in [-0.15, -0.1) is 0 Å². The van der Waals surface area contributed by atoms with Crippen molar-refractivity contribution >= 4 is 23.6 Å². The third kappa shape index (κ3) is 4.83. The second-order valence-electron chi connectivity index (χ2n) is 5.71. The summed E-state index contributed by atoms with van der Waals surface area (Å²) in [6.07, 6.45) is -1.24. The Morgan fingerprint density at radius 3 is 2.12 bits per heavy atom. The summed E-state index contributed by atoms with van der Waals surface area (Å²) in [5.74, 6) is -1.38. The topological polar surface area (TPSA) is 87.7 Å². The zero-order chi connectivity index (χ0) is 19.1. The molecule has 0 saturated heterocycles. The molecule has 2 aromatic rings. The van der Waals surface area contributed by atoms with Crippen LogP contribution in [-0.4, -0.2) is 39.1 Å². The highest BCUT2D eigenvalue weighted by molar-refractivity contribution is 5.99. The van der Waals surface area contributed by atoms with Crippen LogP contribution in [0.3, 0.4) is 0 Å². The maximum atomic E-state index is 12.5. The molecule has 1 atom stereocenters. The number of ether oxygens (including phenoxy) is 1. The van der Waals surface area contributed by atoms with E-state index in [1.807, 2.05) is 19.0 Å². The fourth-order valence-electron chi connectivity index (χ4n) is 2.21. The number of carbonyl (C=O) groups is 3. The minimum absolute atomic E-state index is 0.310. The van der Waals surface area contributed by atoms with E-state index in [4.69, 9.17) is 4.74 Å². The van der Waals surface area contributed by atoms with Crippen LogP contribution in [0.4, 0.5) is 10.5 Å². The zero-order valence-electron chi connectivity index (χ0n) is 14.9. The number of anilines is 1. The maximum absolute atomic E-state index is 12.5. The minimum atomic E-state index is -1.24. The van der Waals surface area contributed by atoms with Crippen LogP contribution >= 0.6 is 0 Å². The van der Waals surface area contributed by atoms with E-state index in [1.165, 1.54) is 7.05 Å². The molecule has 7 heteroatoms. The first-order chi connectivity index (χ1) is 12.4. The quantitative estimate of drug-likeness (QED) is 0.802. The summed E-state index contributed by atoms with van der Waals surface area (Å²) in [6.45, 7) is 0. The van der Waals surface area contributed by atoms with Gasteiger partial charge < -0.3 is 15.0 Å². The van der Waals surface area contributed by atoms with E-state index in [0.717, 1.165) is 5.69 Å². The second-order valence-corrected chi connectivity index (χ2v) is 5.71. The molecule has 0 aliphatic heterocycles. The van der Waals surface area contributed by atoms with Crippen molar-refractivity contribution < 1.29 is 19.1 Å². The van der Waals surface area contributed by atoms with E-state index < -0.39 is 24.0 Å². The predicted octanol–water partition coefficient (Wildman–Crippen LogP) is 2.11. The number of esters is 1. The average Bonchev–Trinajstić information content (AvgIpc) is 2.66. The standard InChI is InChI=1S/C19H21N3O4/c1-20-19(25)21-17(23)16(13-7-5-4-6-8-13)26-18(24)14-9-11-15(12-10-14)22(2)3/h4-12,16H,1-3H3,(H2,20,21,23,25)/t16-/m1/s1. The van der Waals surface area contributed by atoms with Crippen LogP contribution in [0, 0.1) is 0 Å². The molecule has 26 heavy (non-hydrogen) atoms. The lowest BCUT2D eigenvalue weighted by molar-refractivity contribution is -0.129. The van der Waals surface area contributed by atoms with Gasteiger partial charge in [0.05, 0.1) is 5.56 Å². The lowest BCUT2D eigenvalue weighted by atomic mass is 10.1. The van der Waals surface area contributed by atoms with Crippen molar-refractivity contribution in [2.75, 3.05) is 26.0 Å². The van der Waals surface area contributed by atoms with Crippen molar-refractivity contribution in [1.29, 1.82) is 0 Å². The number of urea groups is 1. The highest BCUT2D eigenvalue weighted by Gasteiger charge is 2.26. The van der Waals surface area contributed by atoms with Gasteiger partial charge in [-0.05, 0) is 24.3 Å².